The number of hydrogen-bond donors (Lipinski definition) is 2. The quantitative estimate of drug-likeness (QED) is 0.848. The van der Waals surface area contributed by atoms with Crippen molar-refractivity contribution in [3.05, 3.63) is 41.0 Å². The zero-order valence-corrected chi connectivity index (χ0v) is 10.6. The fourth-order valence-electron chi connectivity index (χ4n) is 2.22. The molecule has 6 nitrogen and oxygen atoms in total. The Morgan fingerprint density at radius 1 is 1.47 bits per heavy atom. The van der Waals surface area contributed by atoms with Gasteiger partial charge in [0.05, 0.1) is 0 Å². The van der Waals surface area contributed by atoms with E-state index in [9.17, 15) is 4.79 Å². The van der Waals surface area contributed by atoms with Crippen molar-refractivity contribution in [3.63, 3.8) is 0 Å². The van der Waals surface area contributed by atoms with E-state index >= 15 is 0 Å². The molecule has 0 radical (unpaired) electrons. The summed E-state index contributed by atoms with van der Waals surface area (Å²) in [5.74, 6) is 0.0947. The minimum absolute atomic E-state index is 0.0593. The maximum atomic E-state index is 12.0. The molecule has 0 fully saturated rings. The minimum atomic E-state index is -0.344. The van der Waals surface area contributed by atoms with Crippen LogP contribution in [0.15, 0.2) is 22.7 Å². The Balaban J connectivity index is 1.85. The summed E-state index contributed by atoms with van der Waals surface area (Å²) in [5.41, 5.74) is 3.22. The number of carbonyl (C=O) groups excluding carboxylic acids is 1. The van der Waals surface area contributed by atoms with E-state index in [1.165, 1.54) is 11.1 Å². The molecule has 1 aromatic carbocycles. The third kappa shape index (κ3) is 2.34. The standard InChI is InChI=1S/C13H14N4O2/c1-8-15-12(17-19-8)13(18)16-11-4-2-3-9-7-14-6-5-10(9)11/h2-4,14H,5-7H2,1H3,(H,16,18). The van der Waals surface area contributed by atoms with E-state index in [1.54, 1.807) is 6.92 Å². The summed E-state index contributed by atoms with van der Waals surface area (Å²) in [6.45, 7) is 3.40. The molecule has 98 valence electrons. The maximum absolute atomic E-state index is 12.0. The van der Waals surface area contributed by atoms with Crippen LogP contribution in [-0.4, -0.2) is 22.6 Å². The Morgan fingerprint density at radius 2 is 2.37 bits per heavy atom. The van der Waals surface area contributed by atoms with Gasteiger partial charge >= 0.3 is 0 Å². The van der Waals surface area contributed by atoms with Crippen LogP contribution in [0.25, 0.3) is 0 Å². The van der Waals surface area contributed by atoms with Crippen molar-refractivity contribution in [2.45, 2.75) is 19.9 Å². The van der Waals surface area contributed by atoms with E-state index in [2.05, 4.69) is 26.8 Å². The molecule has 0 spiro atoms. The second-order valence-corrected chi connectivity index (χ2v) is 4.46. The normalized spacial score (nSPS) is 13.9. The van der Waals surface area contributed by atoms with E-state index in [0.29, 0.717) is 5.89 Å². The van der Waals surface area contributed by atoms with E-state index in [0.717, 1.165) is 25.2 Å². The molecule has 19 heavy (non-hydrogen) atoms. The molecule has 1 aliphatic rings. The van der Waals surface area contributed by atoms with Gasteiger partial charge in [0, 0.05) is 19.2 Å². The molecule has 2 aromatic rings. The lowest BCUT2D eigenvalue weighted by atomic mass is 9.99. The summed E-state index contributed by atoms with van der Waals surface area (Å²) in [6.07, 6.45) is 0.900. The molecule has 1 amide bonds. The number of aryl methyl sites for hydroxylation is 1. The van der Waals surface area contributed by atoms with Crippen LogP contribution in [0.4, 0.5) is 5.69 Å². The highest BCUT2D eigenvalue weighted by Gasteiger charge is 2.17. The second-order valence-electron chi connectivity index (χ2n) is 4.46. The van der Waals surface area contributed by atoms with Crippen LogP contribution in [-0.2, 0) is 13.0 Å². The summed E-state index contributed by atoms with van der Waals surface area (Å²) >= 11 is 0. The average molecular weight is 258 g/mol. The van der Waals surface area contributed by atoms with Crippen molar-refractivity contribution < 1.29 is 9.32 Å². The number of nitrogens with zero attached hydrogens (tertiary/aromatic N) is 2. The van der Waals surface area contributed by atoms with Gasteiger partial charge in [0.15, 0.2) is 0 Å². The third-order valence-corrected chi connectivity index (χ3v) is 3.12. The van der Waals surface area contributed by atoms with Crippen molar-refractivity contribution in [1.29, 1.82) is 0 Å². The van der Waals surface area contributed by atoms with Crippen molar-refractivity contribution in [3.8, 4) is 0 Å². The minimum Gasteiger partial charge on any atom is -0.339 e. The first-order valence-electron chi connectivity index (χ1n) is 6.17. The summed E-state index contributed by atoms with van der Waals surface area (Å²) < 4.78 is 4.80. The highest BCUT2D eigenvalue weighted by Crippen LogP contribution is 2.23. The lowest BCUT2D eigenvalue weighted by Gasteiger charge is -2.20. The Labute approximate surface area is 110 Å². The highest BCUT2D eigenvalue weighted by atomic mass is 16.5. The molecule has 1 aromatic heterocycles. The number of aromatic nitrogens is 2. The summed E-state index contributed by atoms with van der Waals surface area (Å²) in [6, 6.07) is 5.90. The Morgan fingerprint density at radius 3 is 3.16 bits per heavy atom. The van der Waals surface area contributed by atoms with Crippen LogP contribution in [0, 0.1) is 6.92 Å². The number of carbonyl (C=O) groups is 1. The van der Waals surface area contributed by atoms with Gasteiger partial charge in [-0.15, -0.1) is 0 Å². The van der Waals surface area contributed by atoms with Crippen LogP contribution < -0.4 is 10.6 Å². The number of rotatable bonds is 2. The predicted molar refractivity (Wildman–Crippen MR) is 68.8 cm³/mol. The molecule has 0 aliphatic carbocycles. The molecule has 3 rings (SSSR count). The Hall–Kier alpha value is -2.21. The van der Waals surface area contributed by atoms with Gasteiger partial charge in [0.2, 0.25) is 5.89 Å². The first-order valence-corrected chi connectivity index (χ1v) is 6.17. The summed E-state index contributed by atoms with van der Waals surface area (Å²) in [4.78, 5) is 15.9. The van der Waals surface area contributed by atoms with E-state index in [-0.39, 0.29) is 11.7 Å². The van der Waals surface area contributed by atoms with Gasteiger partial charge in [0.25, 0.3) is 11.7 Å². The molecule has 0 saturated heterocycles. The van der Waals surface area contributed by atoms with Gasteiger partial charge in [-0.1, -0.05) is 17.3 Å². The highest BCUT2D eigenvalue weighted by molar-refractivity contribution is 6.02. The number of fused-ring (bicyclic) bond motifs is 1. The second kappa shape index (κ2) is 4.81. The van der Waals surface area contributed by atoms with Gasteiger partial charge in [0.1, 0.15) is 0 Å². The topological polar surface area (TPSA) is 80.0 Å². The number of hydrogen-bond acceptors (Lipinski definition) is 5. The number of amides is 1. The molecular formula is C13H14N4O2. The first kappa shape index (κ1) is 11.9. The summed E-state index contributed by atoms with van der Waals surface area (Å²) in [7, 11) is 0. The fourth-order valence-corrected chi connectivity index (χ4v) is 2.22. The zero-order valence-electron chi connectivity index (χ0n) is 10.6. The van der Waals surface area contributed by atoms with Gasteiger partial charge in [-0.3, -0.25) is 4.79 Å². The molecule has 0 atom stereocenters. The number of nitrogens with one attached hydrogen (secondary N) is 2. The van der Waals surface area contributed by atoms with Crippen LogP contribution >= 0.6 is 0 Å². The summed E-state index contributed by atoms with van der Waals surface area (Å²) in [5, 5.41) is 9.77. The largest absolute Gasteiger partial charge is 0.339 e. The number of benzene rings is 1. The molecule has 0 saturated carbocycles. The van der Waals surface area contributed by atoms with Gasteiger partial charge < -0.3 is 15.2 Å². The van der Waals surface area contributed by atoms with Gasteiger partial charge in [-0.05, 0) is 30.2 Å². The van der Waals surface area contributed by atoms with E-state index < -0.39 is 0 Å². The molecule has 0 unspecified atom stereocenters. The molecule has 2 N–H and O–H groups in total. The lowest BCUT2D eigenvalue weighted by molar-refractivity contribution is 0.101. The van der Waals surface area contributed by atoms with Crippen molar-refractivity contribution in [2.75, 3.05) is 11.9 Å². The monoisotopic (exact) mass is 258 g/mol. The van der Waals surface area contributed by atoms with Crippen molar-refractivity contribution in [1.82, 2.24) is 15.5 Å². The molecule has 0 bridgehead atoms. The maximum Gasteiger partial charge on any atom is 0.297 e. The third-order valence-electron chi connectivity index (χ3n) is 3.12. The molecular weight excluding hydrogens is 244 g/mol. The Bertz CT molecular complexity index is 621. The van der Waals surface area contributed by atoms with Crippen molar-refractivity contribution in [2.24, 2.45) is 0 Å². The fraction of sp³-hybridized carbons (Fsp3) is 0.308. The van der Waals surface area contributed by atoms with E-state index in [1.807, 2.05) is 12.1 Å². The number of anilines is 1. The smallest absolute Gasteiger partial charge is 0.297 e. The molecule has 2 heterocycles. The van der Waals surface area contributed by atoms with Crippen LogP contribution in [0.1, 0.15) is 27.6 Å². The van der Waals surface area contributed by atoms with Crippen LogP contribution in [0.2, 0.25) is 0 Å². The average Bonchev–Trinajstić information content (AvgIpc) is 2.86. The van der Waals surface area contributed by atoms with Crippen LogP contribution in [0.5, 0.6) is 0 Å². The lowest BCUT2D eigenvalue weighted by Crippen LogP contribution is -2.25. The van der Waals surface area contributed by atoms with Crippen LogP contribution in [0.3, 0.4) is 0 Å². The van der Waals surface area contributed by atoms with Crippen molar-refractivity contribution >= 4 is 11.6 Å². The molecule has 1 aliphatic heterocycles. The SMILES string of the molecule is Cc1nc(C(=O)Nc2cccc3c2CCNC3)no1. The van der Waals surface area contributed by atoms with E-state index in [4.69, 9.17) is 4.52 Å². The zero-order chi connectivity index (χ0) is 13.2. The first-order chi connectivity index (χ1) is 9.24. The van der Waals surface area contributed by atoms with Gasteiger partial charge in [-0.2, -0.15) is 4.98 Å². The molecule has 6 heteroatoms. The Kier molecular flexibility index (Phi) is 3.00. The van der Waals surface area contributed by atoms with Gasteiger partial charge in [-0.25, -0.2) is 0 Å². The predicted octanol–water partition coefficient (Wildman–Crippen LogP) is 1.28.